The first kappa shape index (κ1) is 19.6. The molecule has 1 unspecified atom stereocenters. The van der Waals surface area contributed by atoms with E-state index in [0.717, 1.165) is 41.0 Å². The Morgan fingerprint density at radius 1 is 1.17 bits per heavy atom. The Kier molecular flexibility index (Phi) is 6.23. The second-order valence-electron chi connectivity index (χ2n) is 6.78. The van der Waals surface area contributed by atoms with Crippen LogP contribution in [0.25, 0.3) is 11.3 Å². The molecule has 3 aromatic rings. The minimum atomic E-state index is -0.306. The van der Waals surface area contributed by atoms with Crippen molar-refractivity contribution < 1.29 is 9.53 Å². The number of nitrogens with zero attached hydrogens (tertiary/aromatic N) is 2. The normalized spacial score (nSPS) is 16.2. The summed E-state index contributed by atoms with van der Waals surface area (Å²) in [6.07, 6.45) is 2.58. The summed E-state index contributed by atoms with van der Waals surface area (Å²) in [5.41, 5.74) is 2.50. The molecular weight excluding hydrogens is 427 g/mol. The average molecular weight is 449 g/mol. The van der Waals surface area contributed by atoms with Crippen LogP contribution < -0.4 is 24.2 Å². The molecule has 2 aromatic carbocycles. The van der Waals surface area contributed by atoms with Crippen LogP contribution in [0.3, 0.4) is 0 Å². The average Bonchev–Trinajstić information content (AvgIpc) is 3.27. The van der Waals surface area contributed by atoms with Crippen molar-refractivity contribution in [1.29, 1.82) is 0 Å². The van der Waals surface area contributed by atoms with Gasteiger partial charge in [0.05, 0.1) is 0 Å². The molecule has 7 heteroatoms. The maximum atomic E-state index is 12.4. The second kappa shape index (κ2) is 9.20. The van der Waals surface area contributed by atoms with Gasteiger partial charge in [0.1, 0.15) is 0 Å². The van der Waals surface area contributed by atoms with Crippen molar-refractivity contribution in [2.24, 2.45) is 0 Å². The minimum absolute atomic E-state index is 0.0120. The summed E-state index contributed by atoms with van der Waals surface area (Å²) < 4.78 is 7.64. The van der Waals surface area contributed by atoms with Crippen molar-refractivity contribution in [3.8, 4) is 17.0 Å². The Labute approximate surface area is 176 Å². The predicted octanol–water partition coefficient (Wildman–Crippen LogP) is 0.899. The van der Waals surface area contributed by atoms with Crippen molar-refractivity contribution in [3.05, 3.63) is 66.5 Å². The summed E-state index contributed by atoms with van der Waals surface area (Å²) in [6.45, 7) is 1.81. The Morgan fingerprint density at radius 3 is 2.76 bits per heavy atom. The molecule has 1 aliphatic rings. The predicted molar refractivity (Wildman–Crippen MR) is 114 cm³/mol. The molecule has 2 heterocycles. The Morgan fingerprint density at radius 2 is 2.00 bits per heavy atom. The van der Waals surface area contributed by atoms with Crippen LogP contribution in [-0.2, 0) is 0 Å². The van der Waals surface area contributed by atoms with E-state index in [2.05, 4.69) is 20.6 Å². The van der Waals surface area contributed by atoms with Gasteiger partial charge in [0.15, 0.2) is 0 Å². The number of methoxy groups -OCH3 is 1. The van der Waals surface area contributed by atoms with Gasteiger partial charge in [0.25, 0.3) is 0 Å². The first-order valence-corrected chi connectivity index (χ1v) is 11.4. The molecule has 6 nitrogen and oxygen atoms in total. The topological polar surface area (TPSA) is 76.1 Å². The van der Waals surface area contributed by atoms with Crippen LogP contribution in [0.15, 0.2) is 60.9 Å². The quantitative estimate of drug-likeness (QED) is 0.547. The van der Waals surface area contributed by atoms with Crippen molar-refractivity contribution in [2.45, 2.75) is 12.5 Å². The summed E-state index contributed by atoms with van der Waals surface area (Å²) in [7, 11) is 1.66. The second-order valence-corrected chi connectivity index (χ2v) is 9.30. The summed E-state index contributed by atoms with van der Waals surface area (Å²) in [5.74, 6) is 0.781. The number of para-hydroxylation sites is 1. The first-order valence-electron chi connectivity index (χ1n) is 9.52. The number of amides is 1. The summed E-state index contributed by atoms with van der Waals surface area (Å²) in [5, 5.41) is 6.33. The zero-order valence-electron chi connectivity index (χ0n) is 16.1. The number of hydrogen-bond donors (Lipinski definition) is 2. The number of benzene rings is 2. The summed E-state index contributed by atoms with van der Waals surface area (Å²) in [6, 6.07) is 17.9. The van der Waals surface area contributed by atoms with Gasteiger partial charge in [-0.25, -0.2) is 0 Å². The summed E-state index contributed by atoms with van der Waals surface area (Å²) >= 11 is -0.306. The number of carbonyl (C=O) groups excluding carboxylic acids is 1. The molecule has 4 rings (SSSR count). The number of rotatable bonds is 6. The fourth-order valence-corrected chi connectivity index (χ4v) is 5.08. The van der Waals surface area contributed by atoms with Gasteiger partial charge in [-0.05, 0) is 0 Å². The van der Waals surface area contributed by atoms with Crippen LogP contribution >= 0.6 is 0 Å². The fourth-order valence-electron chi connectivity index (χ4n) is 3.28. The zero-order chi connectivity index (χ0) is 20.1. The maximum absolute atomic E-state index is 12.4. The molecule has 1 saturated heterocycles. The standard InChI is InChI=1S/C22H22AsN4O2/c1-29-20-5-3-2-4-18(20)19-12-21(26-14-25-19)23-16-8-6-15(7-9-16)22(28)27-17-10-11-24-13-17/h2-9,12,14,17,24H,10-11,13H2,1H3,(H,27,28). The third-order valence-corrected chi connectivity index (χ3v) is 6.97. The van der Waals surface area contributed by atoms with E-state index in [1.54, 1.807) is 13.4 Å². The van der Waals surface area contributed by atoms with Gasteiger partial charge >= 0.3 is 177 Å². The number of aromatic nitrogens is 2. The zero-order valence-corrected chi connectivity index (χ0v) is 18.0. The molecule has 29 heavy (non-hydrogen) atoms. The van der Waals surface area contributed by atoms with Crippen molar-refractivity contribution in [3.63, 3.8) is 0 Å². The third kappa shape index (κ3) is 4.84. The van der Waals surface area contributed by atoms with Gasteiger partial charge in [-0.1, -0.05) is 0 Å². The molecule has 1 aliphatic heterocycles. The number of ether oxygens (including phenoxy) is 1. The van der Waals surface area contributed by atoms with Crippen LogP contribution in [-0.4, -0.2) is 57.9 Å². The van der Waals surface area contributed by atoms with Crippen LogP contribution in [0, 0.1) is 0 Å². The SMILES string of the molecule is COc1ccccc1-c1cc([As]c2ccc(C(=O)NC3CCNC3)cc2)ncn1. The van der Waals surface area contributed by atoms with Crippen molar-refractivity contribution >= 4 is 30.5 Å². The van der Waals surface area contributed by atoms with E-state index in [1.165, 1.54) is 4.35 Å². The fraction of sp³-hybridized carbons (Fsp3) is 0.227. The van der Waals surface area contributed by atoms with E-state index < -0.39 is 0 Å². The molecule has 0 saturated carbocycles. The molecular formula is C22H22AsN4O2. The van der Waals surface area contributed by atoms with Crippen molar-refractivity contribution in [2.75, 3.05) is 20.2 Å². The van der Waals surface area contributed by atoms with Crippen LogP contribution in [0.2, 0.25) is 0 Å². The molecule has 147 valence electrons. The molecule has 1 amide bonds. The monoisotopic (exact) mass is 449 g/mol. The Balaban J connectivity index is 1.46. The van der Waals surface area contributed by atoms with E-state index in [0.29, 0.717) is 5.56 Å². The molecule has 1 atom stereocenters. The van der Waals surface area contributed by atoms with Gasteiger partial charge < -0.3 is 0 Å². The van der Waals surface area contributed by atoms with E-state index in [1.807, 2.05) is 54.6 Å². The number of nitrogens with one attached hydrogen (secondary N) is 2. The van der Waals surface area contributed by atoms with E-state index in [-0.39, 0.29) is 27.7 Å². The van der Waals surface area contributed by atoms with Crippen LogP contribution in [0.1, 0.15) is 16.8 Å². The summed E-state index contributed by atoms with van der Waals surface area (Å²) in [4.78, 5) is 21.2. The molecule has 1 aromatic heterocycles. The molecule has 0 bridgehead atoms. The van der Waals surface area contributed by atoms with Gasteiger partial charge in [-0.2, -0.15) is 0 Å². The van der Waals surface area contributed by atoms with E-state index in [4.69, 9.17) is 4.74 Å². The van der Waals surface area contributed by atoms with E-state index >= 15 is 0 Å². The van der Waals surface area contributed by atoms with Gasteiger partial charge in [-0.15, -0.1) is 0 Å². The molecule has 2 N–H and O–H groups in total. The molecule has 0 aliphatic carbocycles. The third-order valence-electron chi connectivity index (χ3n) is 4.80. The van der Waals surface area contributed by atoms with Gasteiger partial charge in [0, 0.05) is 0 Å². The molecule has 1 fully saturated rings. The number of hydrogen-bond acceptors (Lipinski definition) is 5. The molecule has 1 radical (unpaired) electrons. The van der Waals surface area contributed by atoms with E-state index in [9.17, 15) is 4.79 Å². The van der Waals surface area contributed by atoms with Crippen molar-refractivity contribution in [1.82, 2.24) is 20.6 Å². The van der Waals surface area contributed by atoms with Crippen LogP contribution in [0.5, 0.6) is 5.75 Å². The Bertz CT molecular complexity index is 988. The van der Waals surface area contributed by atoms with Crippen LogP contribution in [0.4, 0.5) is 0 Å². The molecule has 0 spiro atoms. The van der Waals surface area contributed by atoms with Gasteiger partial charge in [-0.3, -0.25) is 0 Å². The van der Waals surface area contributed by atoms with Gasteiger partial charge in [0.2, 0.25) is 0 Å². The Hall–Kier alpha value is -2.69. The number of carbonyl (C=O) groups is 1. The first-order chi connectivity index (χ1) is 14.2.